The summed E-state index contributed by atoms with van der Waals surface area (Å²) in [6, 6.07) is 0. The van der Waals surface area contributed by atoms with Crippen molar-refractivity contribution in [3.05, 3.63) is 11.6 Å². The lowest BCUT2D eigenvalue weighted by Crippen LogP contribution is -2.35. The summed E-state index contributed by atoms with van der Waals surface area (Å²) < 4.78 is 0. The Morgan fingerprint density at radius 2 is 2.36 bits per heavy atom. The van der Waals surface area contributed by atoms with Crippen molar-refractivity contribution in [3.8, 4) is 0 Å². The summed E-state index contributed by atoms with van der Waals surface area (Å²) in [7, 11) is 0. The third kappa shape index (κ3) is 1.90. The van der Waals surface area contributed by atoms with Crippen molar-refractivity contribution in [3.63, 3.8) is 0 Å². The van der Waals surface area contributed by atoms with E-state index in [0.717, 1.165) is 25.2 Å². The van der Waals surface area contributed by atoms with Gasteiger partial charge in [-0.1, -0.05) is 13.0 Å². The minimum atomic E-state index is 0.331. The first-order valence-corrected chi connectivity index (χ1v) is 4.18. The molecule has 1 heterocycles. The highest BCUT2D eigenvalue weighted by Gasteiger charge is 2.18. The number of hydrogen-bond donors (Lipinski definition) is 0. The predicted molar refractivity (Wildman–Crippen MR) is 45.5 cm³/mol. The highest BCUT2D eigenvalue weighted by molar-refractivity contribution is 5.96. The number of likely N-dealkylation sites (tertiary alicyclic amines) is 1. The molecule has 0 aromatic rings. The van der Waals surface area contributed by atoms with E-state index in [1.165, 1.54) is 0 Å². The maximum Gasteiger partial charge on any atom is 0.161 e. The molecule has 11 heavy (non-hydrogen) atoms. The van der Waals surface area contributed by atoms with Gasteiger partial charge in [-0.15, -0.1) is 0 Å². The van der Waals surface area contributed by atoms with E-state index in [1.54, 1.807) is 0 Å². The minimum absolute atomic E-state index is 0.331. The number of rotatable bonds is 1. The number of carbonyl (C=O) groups is 1. The van der Waals surface area contributed by atoms with Gasteiger partial charge in [0.05, 0.1) is 0 Å². The maximum absolute atomic E-state index is 11.2. The van der Waals surface area contributed by atoms with Gasteiger partial charge in [0, 0.05) is 25.1 Å². The van der Waals surface area contributed by atoms with E-state index in [-0.39, 0.29) is 0 Å². The standard InChI is InChI=1S/C9H15NO/c1-3-8-7-10(4-2)6-5-9(8)11/h3H,4-7H2,1-2H3/b8-3+. The van der Waals surface area contributed by atoms with Crippen LogP contribution < -0.4 is 0 Å². The number of likely N-dealkylation sites (N-methyl/N-ethyl adjacent to an activating group) is 1. The predicted octanol–water partition coefficient (Wildman–Crippen LogP) is 1.23. The van der Waals surface area contributed by atoms with Crippen molar-refractivity contribution in [2.24, 2.45) is 0 Å². The Hall–Kier alpha value is -0.630. The van der Waals surface area contributed by atoms with Crippen LogP contribution in [0.3, 0.4) is 0 Å². The van der Waals surface area contributed by atoms with Crippen LogP contribution in [-0.4, -0.2) is 30.3 Å². The fourth-order valence-electron chi connectivity index (χ4n) is 1.35. The third-order valence-electron chi connectivity index (χ3n) is 2.20. The highest BCUT2D eigenvalue weighted by Crippen LogP contribution is 2.10. The summed E-state index contributed by atoms with van der Waals surface area (Å²) in [5.74, 6) is 0.331. The number of Topliss-reactive ketones (excluding diaryl/α,β-unsaturated/α-hetero) is 1. The van der Waals surface area contributed by atoms with Gasteiger partial charge in [-0.2, -0.15) is 0 Å². The molecule has 0 spiro atoms. The third-order valence-corrected chi connectivity index (χ3v) is 2.20. The first-order valence-electron chi connectivity index (χ1n) is 4.18. The Bertz CT molecular complexity index is 184. The largest absolute Gasteiger partial charge is 0.299 e. The average molecular weight is 153 g/mol. The Labute approximate surface area is 67.9 Å². The van der Waals surface area contributed by atoms with E-state index in [9.17, 15) is 4.79 Å². The van der Waals surface area contributed by atoms with Crippen LogP contribution >= 0.6 is 0 Å². The molecule has 0 aliphatic carbocycles. The molecule has 0 N–H and O–H groups in total. The van der Waals surface area contributed by atoms with E-state index >= 15 is 0 Å². The van der Waals surface area contributed by atoms with E-state index in [2.05, 4.69) is 11.8 Å². The fourth-order valence-corrected chi connectivity index (χ4v) is 1.35. The molecule has 0 amide bonds. The quantitative estimate of drug-likeness (QED) is 0.528. The zero-order valence-corrected chi connectivity index (χ0v) is 7.26. The van der Waals surface area contributed by atoms with Gasteiger partial charge in [0.1, 0.15) is 0 Å². The SMILES string of the molecule is C/C=C1\CN(CC)CCC1=O. The lowest BCUT2D eigenvalue weighted by molar-refractivity contribution is -0.117. The van der Waals surface area contributed by atoms with Crippen molar-refractivity contribution in [2.45, 2.75) is 20.3 Å². The summed E-state index contributed by atoms with van der Waals surface area (Å²) in [6.07, 6.45) is 2.64. The molecule has 2 heteroatoms. The summed E-state index contributed by atoms with van der Waals surface area (Å²) in [6.45, 7) is 6.90. The molecule has 1 saturated heterocycles. The van der Waals surface area contributed by atoms with Gasteiger partial charge in [0.2, 0.25) is 0 Å². The maximum atomic E-state index is 11.2. The van der Waals surface area contributed by atoms with Crippen LogP contribution in [0.1, 0.15) is 20.3 Å². The Morgan fingerprint density at radius 3 is 2.91 bits per heavy atom. The average Bonchev–Trinajstić information content (AvgIpc) is 2.05. The van der Waals surface area contributed by atoms with Crippen molar-refractivity contribution < 1.29 is 4.79 Å². The normalized spacial score (nSPS) is 24.5. The summed E-state index contributed by atoms with van der Waals surface area (Å²) in [5, 5.41) is 0. The molecule has 62 valence electrons. The summed E-state index contributed by atoms with van der Waals surface area (Å²) in [5.41, 5.74) is 0.984. The number of piperidine rings is 1. The molecule has 1 aliphatic heterocycles. The lowest BCUT2D eigenvalue weighted by Gasteiger charge is -2.25. The van der Waals surface area contributed by atoms with Crippen LogP contribution in [0.2, 0.25) is 0 Å². The topological polar surface area (TPSA) is 20.3 Å². The van der Waals surface area contributed by atoms with Gasteiger partial charge in [0.25, 0.3) is 0 Å². The first-order chi connectivity index (χ1) is 5.27. The van der Waals surface area contributed by atoms with Gasteiger partial charge >= 0.3 is 0 Å². The molecular weight excluding hydrogens is 138 g/mol. The zero-order valence-electron chi connectivity index (χ0n) is 7.26. The molecule has 0 aromatic carbocycles. The summed E-state index contributed by atoms with van der Waals surface area (Å²) in [4.78, 5) is 13.5. The second-order valence-corrected chi connectivity index (χ2v) is 2.86. The molecule has 0 atom stereocenters. The van der Waals surface area contributed by atoms with Crippen LogP contribution in [0.25, 0.3) is 0 Å². The van der Waals surface area contributed by atoms with Crippen LogP contribution in [0.5, 0.6) is 0 Å². The molecule has 0 radical (unpaired) electrons. The van der Waals surface area contributed by atoms with Crippen LogP contribution in [0.4, 0.5) is 0 Å². The van der Waals surface area contributed by atoms with Crippen LogP contribution in [-0.2, 0) is 4.79 Å². The van der Waals surface area contributed by atoms with E-state index in [0.29, 0.717) is 12.2 Å². The lowest BCUT2D eigenvalue weighted by atomic mass is 10.0. The van der Waals surface area contributed by atoms with Gasteiger partial charge in [-0.3, -0.25) is 9.69 Å². The van der Waals surface area contributed by atoms with Gasteiger partial charge in [-0.25, -0.2) is 0 Å². The number of nitrogens with zero attached hydrogens (tertiary/aromatic N) is 1. The number of ketones is 1. The van der Waals surface area contributed by atoms with Crippen molar-refractivity contribution >= 4 is 5.78 Å². The molecular formula is C9H15NO. The van der Waals surface area contributed by atoms with E-state index < -0.39 is 0 Å². The van der Waals surface area contributed by atoms with Crippen LogP contribution in [0.15, 0.2) is 11.6 Å². The Balaban J connectivity index is 2.58. The molecule has 0 bridgehead atoms. The van der Waals surface area contributed by atoms with E-state index in [4.69, 9.17) is 0 Å². The number of hydrogen-bond acceptors (Lipinski definition) is 2. The van der Waals surface area contributed by atoms with Gasteiger partial charge in [0.15, 0.2) is 5.78 Å². The minimum Gasteiger partial charge on any atom is -0.299 e. The number of carbonyl (C=O) groups excluding carboxylic acids is 1. The second-order valence-electron chi connectivity index (χ2n) is 2.86. The fraction of sp³-hybridized carbons (Fsp3) is 0.667. The molecule has 1 aliphatic rings. The van der Waals surface area contributed by atoms with E-state index in [1.807, 2.05) is 13.0 Å². The molecule has 0 unspecified atom stereocenters. The molecule has 1 fully saturated rings. The van der Waals surface area contributed by atoms with Crippen molar-refractivity contribution in [1.29, 1.82) is 0 Å². The van der Waals surface area contributed by atoms with Crippen LogP contribution in [0, 0.1) is 0 Å². The monoisotopic (exact) mass is 153 g/mol. The number of allylic oxidation sites excluding steroid dienone is 1. The Morgan fingerprint density at radius 1 is 1.64 bits per heavy atom. The van der Waals surface area contributed by atoms with Crippen molar-refractivity contribution in [1.82, 2.24) is 4.90 Å². The molecule has 0 aromatic heterocycles. The highest BCUT2D eigenvalue weighted by atomic mass is 16.1. The van der Waals surface area contributed by atoms with Gasteiger partial charge in [-0.05, 0) is 13.5 Å². The van der Waals surface area contributed by atoms with Crippen molar-refractivity contribution in [2.75, 3.05) is 19.6 Å². The summed E-state index contributed by atoms with van der Waals surface area (Å²) >= 11 is 0. The zero-order chi connectivity index (χ0) is 8.27. The molecule has 0 saturated carbocycles. The molecule has 2 nitrogen and oxygen atoms in total. The Kier molecular flexibility index (Phi) is 2.83. The van der Waals surface area contributed by atoms with Gasteiger partial charge < -0.3 is 0 Å². The molecule has 1 rings (SSSR count). The first kappa shape index (κ1) is 8.47. The smallest absolute Gasteiger partial charge is 0.161 e. The second kappa shape index (κ2) is 3.67.